The number of nitrogens with zero attached hydrogens (tertiary/aromatic N) is 1. The Bertz CT molecular complexity index is 652. The maximum absolute atomic E-state index is 8.81. The lowest BCUT2D eigenvalue weighted by Gasteiger charge is -2.11. The maximum atomic E-state index is 8.81. The number of halogens is 2. The van der Waals surface area contributed by atoms with E-state index in [-0.39, 0.29) is 0 Å². The smallest absolute Gasteiger partial charge is 0.169 e. The van der Waals surface area contributed by atoms with Gasteiger partial charge in [-0.2, -0.15) is 5.26 Å². The molecule has 2 aromatic rings. The molecule has 5 heteroatoms. The van der Waals surface area contributed by atoms with Crippen LogP contribution < -0.4 is 9.47 Å². The molecule has 0 aliphatic carbocycles. The summed E-state index contributed by atoms with van der Waals surface area (Å²) in [6.07, 6.45) is 0. The number of benzene rings is 2. The Hall–Kier alpha value is -1.70. The molecule has 0 saturated heterocycles. The van der Waals surface area contributed by atoms with Gasteiger partial charge in [-0.05, 0) is 46.3 Å². The minimum atomic E-state index is 0.545. The van der Waals surface area contributed by atoms with E-state index in [4.69, 9.17) is 26.3 Å². The molecule has 0 unspecified atom stereocenters. The zero-order chi connectivity index (χ0) is 13.8. The van der Waals surface area contributed by atoms with Crippen LogP contribution in [-0.2, 0) is 0 Å². The first-order valence-corrected chi connectivity index (χ1v) is 6.52. The fraction of sp³-hybridized carbons (Fsp3) is 0.0714. The topological polar surface area (TPSA) is 42.2 Å². The summed E-state index contributed by atoms with van der Waals surface area (Å²) in [6, 6.07) is 12.3. The van der Waals surface area contributed by atoms with E-state index in [1.807, 2.05) is 0 Å². The zero-order valence-corrected chi connectivity index (χ0v) is 12.3. The molecule has 0 atom stereocenters. The van der Waals surface area contributed by atoms with E-state index in [0.29, 0.717) is 32.3 Å². The number of rotatable bonds is 3. The minimum Gasteiger partial charge on any atom is -0.493 e. The standard InChI is InChI=1S/C14H9BrClNO2/c1-18-14-7-10(16)3-5-13(14)19-12-4-2-9(8-17)6-11(12)15/h2-7H,1H3. The van der Waals surface area contributed by atoms with Gasteiger partial charge in [0.25, 0.3) is 0 Å². The van der Waals surface area contributed by atoms with Gasteiger partial charge in [0.1, 0.15) is 5.75 Å². The summed E-state index contributed by atoms with van der Waals surface area (Å²) in [7, 11) is 1.55. The zero-order valence-electron chi connectivity index (χ0n) is 9.98. The summed E-state index contributed by atoms with van der Waals surface area (Å²) in [5, 5.41) is 9.38. The molecule has 96 valence electrons. The van der Waals surface area contributed by atoms with Crippen LogP contribution in [0.2, 0.25) is 5.02 Å². The molecule has 0 aromatic heterocycles. The summed E-state index contributed by atoms with van der Waals surface area (Å²) in [5.74, 6) is 1.70. The molecule has 0 aliphatic heterocycles. The lowest BCUT2D eigenvalue weighted by atomic mass is 10.2. The summed E-state index contributed by atoms with van der Waals surface area (Å²) in [5.41, 5.74) is 0.558. The molecule has 0 spiro atoms. The molecule has 2 aromatic carbocycles. The van der Waals surface area contributed by atoms with E-state index >= 15 is 0 Å². The van der Waals surface area contributed by atoms with Gasteiger partial charge in [-0.25, -0.2) is 0 Å². The third-order valence-corrected chi connectivity index (χ3v) is 3.26. The molecule has 0 bridgehead atoms. The van der Waals surface area contributed by atoms with Crippen molar-refractivity contribution in [1.82, 2.24) is 0 Å². The normalized spacial score (nSPS) is 9.79. The van der Waals surface area contributed by atoms with E-state index in [0.717, 1.165) is 0 Å². The van der Waals surface area contributed by atoms with Gasteiger partial charge in [0, 0.05) is 11.1 Å². The fourth-order valence-electron chi connectivity index (χ4n) is 1.50. The predicted octanol–water partition coefficient (Wildman–Crippen LogP) is 4.78. The van der Waals surface area contributed by atoms with Crippen molar-refractivity contribution in [3.05, 3.63) is 51.5 Å². The summed E-state index contributed by atoms with van der Waals surface area (Å²) in [6.45, 7) is 0. The van der Waals surface area contributed by atoms with Crippen molar-refractivity contribution in [1.29, 1.82) is 5.26 Å². The molecule has 0 saturated carbocycles. The summed E-state index contributed by atoms with van der Waals surface area (Å²) < 4.78 is 11.6. The average Bonchev–Trinajstić information content (AvgIpc) is 2.42. The van der Waals surface area contributed by atoms with Crippen molar-refractivity contribution in [2.75, 3.05) is 7.11 Å². The van der Waals surface area contributed by atoms with Gasteiger partial charge < -0.3 is 9.47 Å². The summed E-state index contributed by atoms with van der Waals surface area (Å²) >= 11 is 9.25. The van der Waals surface area contributed by atoms with Gasteiger partial charge in [0.15, 0.2) is 11.5 Å². The van der Waals surface area contributed by atoms with Gasteiger partial charge in [-0.1, -0.05) is 11.6 Å². The maximum Gasteiger partial charge on any atom is 0.169 e. The second kappa shape index (κ2) is 5.96. The third-order valence-electron chi connectivity index (χ3n) is 2.41. The molecule has 0 heterocycles. The van der Waals surface area contributed by atoms with Crippen molar-refractivity contribution in [3.63, 3.8) is 0 Å². The van der Waals surface area contributed by atoms with E-state index in [1.165, 1.54) is 0 Å². The highest BCUT2D eigenvalue weighted by atomic mass is 79.9. The number of ether oxygens (including phenoxy) is 2. The van der Waals surface area contributed by atoms with Crippen LogP contribution in [0.1, 0.15) is 5.56 Å². The Balaban J connectivity index is 2.34. The first-order valence-electron chi connectivity index (χ1n) is 5.35. The highest BCUT2D eigenvalue weighted by Crippen LogP contribution is 2.36. The van der Waals surface area contributed by atoms with Gasteiger partial charge in [0.05, 0.1) is 23.2 Å². The van der Waals surface area contributed by atoms with Crippen LogP contribution in [0.3, 0.4) is 0 Å². The highest BCUT2D eigenvalue weighted by molar-refractivity contribution is 9.10. The SMILES string of the molecule is COc1cc(Cl)ccc1Oc1ccc(C#N)cc1Br. The number of nitriles is 1. The molecular formula is C14H9BrClNO2. The molecule has 0 N–H and O–H groups in total. The quantitative estimate of drug-likeness (QED) is 0.809. The molecule has 0 fully saturated rings. The van der Waals surface area contributed by atoms with Crippen LogP contribution in [0.15, 0.2) is 40.9 Å². The third kappa shape index (κ3) is 3.19. The van der Waals surface area contributed by atoms with Crippen LogP contribution in [0.4, 0.5) is 0 Å². The number of hydrogen-bond acceptors (Lipinski definition) is 3. The van der Waals surface area contributed by atoms with Crippen LogP contribution in [0.5, 0.6) is 17.2 Å². The lowest BCUT2D eigenvalue weighted by molar-refractivity contribution is 0.378. The molecule has 0 radical (unpaired) electrons. The molecular weight excluding hydrogens is 330 g/mol. The van der Waals surface area contributed by atoms with Crippen LogP contribution >= 0.6 is 27.5 Å². The first-order chi connectivity index (χ1) is 9.13. The monoisotopic (exact) mass is 337 g/mol. The Morgan fingerprint density at radius 1 is 1.11 bits per heavy atom. The molecule has 3 nitrogen and oxygen atoms in total. The highest BCUT2D eigenvalue weighted by Gasteiger charge is 2.09. The van der Waals surface area contributed by atoms with Crippen molar-refractivity contribution >= 4 is 27.5 Å². The van der Waals surface area contributed by atoms with Crippen LogP contribution in [0.25, 0.3) is 0 Å². The Morgan fingerprint density at radius 3 is 2.47 bits per heavy atom. The van der Waals surface area contributed by atoms with E-state index in [1.54, 1.807) is 43.5 Å². The van der Waals surface area contributed by atoms with Crippen molar-refractivity contribution < 1.29 is 9.47 Å². The second-order valence-electron chi connectivity index (χ2n) is 3.65. The molecule has 2 rings (SSSR count). The van der Waals surface area contributed by atoms with Gasteiger partial charge in [-0.15, -0.1) is 0 Å². The van der Waals surface area contributed by atoms with E-state index < -0.39 is 0 Å². The Morgan fingerprint density at radius 2 is 1.84 bits per heavy atom. The van der Waals surface area contributed by atoms with Crippen LogP contribution in [0, 0.1) is 11.3 Å². The summed E-state index contributed by atoms with van der Waals surface area (Å²) in [4.78, 5) is 0. The van der Waals surface area contributed by atoms with Gasteiger partial charge in [0.2, 0.25) is 0 Å². The van der Waals surface area contributed by atoms with Crippen molar-refractivity contribution in [2.24, 2.45) is 0 Å². The predicted molar refractivity (Wildman–Crippen MR) is 76.9 cm³/mol. The molecule has 0 amide bonds. The Kier molecular flexibility index (Phi) is 4.31. The molecule has 19 heavy (non-hydrogen) atoms. The number of hydrogen-bond donors (Lipinski definition) is 0. The van der Waals surface area contributed by atoms with Crippen molar-refractivity contribution in [3.8, 4) is 23.3 Å². The minimum absolute atomic E-state index is 0.545. The van der Waals surface area contributed by atoms with Crippen LogP contribution in [-0.4, -0.2) is 7.11 Å². The Labute approximate surface area is 124 Å². The first kappa shape index (κ1) is 13.7. The van der Waals surface area contributed by atoms with Crippen molar-refractivity contribution in [2.45, 2.75) is 0 Å². The largest absolute Gasteiger partial charge is 0.493 e. The lowest BCUT2D eigenvalue weighted by Crippen LogP contribution is -1.91. The average molecular weight is 339 g/mol. The fourth-order valence-corrected chi connectivity index (χ4v) is 2.12. The van der Waals surface area contributed by atoms with E-state index in [9.17, 15) is 0 Å². The second-order valence-corrected chi connectivity index (χ2v) is 4.95. The van der Waals surface area contributed by atoms with Gasteiger partial charge in [-0.3, -0.25) is 0 Å². The number of methoxy groups -OCH3 is 1. The van der Waals surface area contributed by atoms with E-state index in [2.05, 4.69) is 22.0 Å². The molecule has 0 aliphatic rings. The van der Waals surface area contributed by atoms with Gasteiger partial charge >= 0.3 is 0 Å².